The average molecular weight is 485 g/mol. The molecule has 0 radical (unpaired) electrons. The molecule has 0 fully saturated rings. The van der Waals surface area contributed by atoms with Crippen LogP contribution in [0.25, 0.3) is 10.8 Å². The number of phenols is 1. The highest BCUT2D eigenvalue weighted by atomic mass is 16.3. The maximum Gasteiger partial charge on any atom is 0.224 e. The minimum absolute atomic E-state index is 0.0595. The zero-order valence-electron chi connectivity index (χ0n) is 20.3. The number of carbonyl (C=O) groups excluding carboxylic acids is 1. The Morgan fingerprint density at radius 1 is 1.00 bits per heavy atom. The van der Waals surface area contributed by atoms with Crippen molar-refractivity contribution in [3.63, 3.8) is 0 Å². The van der Waals surface area contributed by atoms with Crippen molar-refractivity contribution < 1.29 is 15.0 Å². The van der Waals surface area contributed by atoms with E-state index in [4.69, 9.17) is 5.73 Å². The number of carbonyl (C=O) groups is 1. The number of aromatic nitrogens is 1. The third-order valence-corrected chi connectivity index (χ3v) is 6.22. The van der Waals surface area contributed by atoms with Crippen LogP contribution in [0.2, 0.25) is 0 Å². The molecule has 0 saturated carbocycles. The number of aliphatic hydroxyl groups is 1. The van der Waals surface area contributed by atoms with Crippen molar-refractivity contribution in [2.45, 2.75) is 38.5 Å². The molecule has 36 heavy (non-hydrogen) atoms. The molecule has 2 atom stereocenters. The molecule has 0 aliphatic heterocycles. The van der Waals surface area contributed by atoms with Gasteiger partial charge in [0, 0.05) is 36.3 Å². The van der Waals surface area contributed by atoms with Gasteiger partial charge in [-0.2, -0.15) is 0 Å². The normalized spacial score (nSPS) is 12.8. The van der Waals surface area contributed by atoms with Gasteiger partial charge in [0.2, 0.25) is 5.91 Å². The van der Waals surface area contributed by atoms with E-state index >= 15 is 0 Å². The van der Waals surface area contributed by atoms with Crippen molar-refractivity contribution in [1.29, 1.82) is 0 Å². The molecule has 1 heterocycles. The average Bonchev–Trinajstić information content (AvgIpc) is 2.88. The number of aromatic hydroxyl groups is 1. The van der Waals surface area contributed by atoms with Gasteiger partial charge in [0.25, 0.3) is 0 Å². The third-order valence-electron chi connectivity index (χ3n) is 6.22. The summed E-state index contributed by atoms with van der Waals surface area (Å²) >= 11 is 0. The molecule has 0 saturated heterocycles. The van der Waals surface area contributed by atoms with E-state index in [0.29, 0.717) is 18.9 Å². The van der Waals surface area contributed by atoms with Gasteiger partial charge in [-0.1, -0.05) is 60.7 Å². The Balaban J connectivity index is 1.28. The maximum absolute atomic E-state index is 12.6. The Morgan fingerprint density at radius 3 is 2.56 bits per heavy atom. The Kier molecular flexibility index (Phi) is 8.15. The Bertz CT molecular complexity index is 1320. The summed E-state index contributed by atoms with van der Waals surface area (Å²) < 4.78 is 0. The summed E-state index contributed by atoms with van der Waals surface area (Å²) in [4.78, 5) is 16.7. The molecule has 0 bridgehead atoms. The molecule has 7 nitrogen and oxygen atoms in total. The second-order valence-electron chi connectivity index (χ2n) is 9.11. The number of anilines is 1. The molecular weight excluding hydrogens is 452 g/mol. The van der Waals surface area contributed by atoms with Crippen molar-refractivity contribution in [2.24, 2.45) is 0 Å². The Labute approximate surface area is 211 Å². The highest BCUT2D eigenvalue weighted by Crippen LogP contribution is 2.27. The highest BCUT2D eigenvalue weighted by molar-refractivity contribution is 5.91. The quantitative estimate of drug-likeness (QED) is 0.234. The molecular formula is C29H32N4O3. The number of phenolic OH excluding ortho intramolecular Hbond substituents is 1. The van der Waals surface area contributed by atoms with E-state index in [1.807, 2.05) is 54.6 Å². The molecule has 4 aromatic rings. The fraction of sp³-hybridized carbons (Fsp3) is 0.241. The highest BCUT2D eigenvalue weighted by Gasteiger charge is 2.12. The molecule has 0 unspecified atom stereocenters. The second kappa shape index (κ2) is 11.7. The number of nitrogens with one attached hydrogen (secondary N) is 2. The van der Waals surface area contributed by atoms with Crippen molar-refractivity contribution >= 4 is 22.5 Å². The van der Waals surface area contributed by atoms with Crippen LogP contribution in [-0.4, -0.2) is 33.7 Å². The minimum atomic E-state index is -0.665. The summed E-state index contributed by atoms with van der Waals surface area (Å²) in [5.41, 5.74) is 9.35. The fourth-order valence-corrected chi connectivity index (χ4v) is 4.28. The predicted octanol–water partition coefficient (Wildman–Crippen LogP) is 3.64. The summed E-state index contributed by atoms with van der Waals surface area (Å²) in [5.74, 6) is 0.600. The maximum atomic E-state index is 12.6. The number of benzene rings is 3. The van der Waals surface area contributed by atoms with Gasteiger partial charge in [-0.25, -0.2) is 4.98 Å². The van der Waals surface area contributed by atoms with Crippen LogP contribution in [0.5, 0.6) is 5.75 Å². The predicted molar refractivity (Wildman–Crippen MR) is 142 cm³/mol. The van der Waals surface area contributed by atoms with Crippen LogP contribution in [0.3, 0.4) is 0 Å². The van der Waals surface area contributed by atoms with Crippen molar-refractivity contribution in [2.75, 3.05) is 12.3 Å². The van der Waals surface area contributed by atoms with E-state index in [1.54, 1.807) is 24.4 Å². The first-order valence-corrected chi connectivity index (χ1v) is 12.1. The Hall–Kier alpha value is -3.94. The van der Waals surface area contributed by atoms with Gasteiger partial charge in [0.05, 0.1) is 12.5 Å². The summed E-state index contributed by atoms with van der Waals surface area (Å²) in [6.45, 7) is 2.86. The summed E-state index contributed by atoms with van der Waals surface area (Å²) in [6, 6.07) is 22.7. The Morgan fingerprint density at radius 2 is 1.78 bits per heavy atom. The number of hydrogen-bond acceptors (Lipinski definition) is 6. The number of nitrogen functional groups attached to an aromatic ring is 1. The van der Waals surface area contributed by atoms with Crippen LogP contribution in [-0.2, 0) is 24.2 Å². The first kappa shape index (κ1) is 25.2. The van der Waals surface area contributed by atoms with Crippen LogP contribution in [0.4, 0.5) is 5.82 Å². The SMILES string of the molecule is C[C@H](Cc1cccc(CC(=O)NCc2ccc(O)c3ccccc23)c1)NC[C@@H](O)c1ccc(N)nc1. The molecule has 3 aromatic carbocycles. The lowest BCUT2D eigenvalue weighted by Gasteiger charge is -2.18. The van der Waals surface area contributed by atoms with Gasteiger partial charge in [-0.15, -0.1) is 0 Å². The lowest BCUT2D eigenvalue weighted by molar-refractivity contribution is -0.120. The van der Waals surface area contributed by atoms with Crippen LogP contribution < -0.4 is 16.4 Å². The van der Waals surface area contributed by atoms with Crippen LogP contribution >= 0.6 is 0 Å². The van der Waals surface area contributed by atoms with Crippen molar-refractivity contribution in [3.8, 4) is 5.75 Å². The number of aliphatic hydroxyl groups excluding tert-OH is 1. The molecule has 7 heteroatoms. The van der Waals surface area contributed by atoms with Crippen molar-refractivity contribution in [1.82, 2.24) is 15.6 Å². The first-order chi connectivity index (χ1) is 17.4. The lowest BCUT2D eigenvalue weighted by atomic mass is 10.0. The molecule has 1 amide bonds. The van der Waals surface area contributed by atoms with Crippen LogP contribution in [0.15, 0.2) is 79.0 Å². The van der Waals surface area contributed by atoms with Crippen LogP contribution in [0, 0.1) is 0 Å². The van der Waals surface area contributed by atoms with Gasteiger partial charge in [0.15, 0.2) is 0 Å². The van der Waals surface area contributed by atoms with E-state index in [-0.39, 0.29) is 24.1 Å². The van der Waals surface area contributed by atoms with E-state index < -0.39 is 6.10 Å². The van der Waals surface area contributed by atoms with Crippen LogP contribution in [0.1, 0.15) is 35.3 Å². The molecule has 0 aliphatic carbocycles. The zero-order valence-corrected chi connectivity index (χ0v) is 20.3. The molecule has 1 aromatic heterocycles. The standard InChI is InChI=1S/C29H32N4O3/c1-19(31-18-27(35)23-10-12-28(30)32-17-23)13-20-5-4-6-21(14-20)15-29(36)33-16-22-9-11-26(34)25-8-3-2-7-24(22)25/h2-12,14,17,19,27,31,34-35H,13,15-16,18H2,1H3,(H2,30,32)(H,33,36)/t19-,27-/m1/s1. The molecule has 0 spiro atoms. The number of pyridine rings is 1. The molecule has 6 N–H and O–H groups in total. The first-order valence-electron chi connectivity index (χ1n) is 12.1. The molecule has 0 aliphatic rings. The summed E-state index contributed by atoms with van der Waals surface area (Å²) in [5, 5.41) is 28.5. The molecule has 4 rings (SSSR count). The fourth-order valence-electron chi connectivity index (χ4n) is 4.28. The largest absolute Gasteiger partial charge is 0.507 e. The van der Waals surface area contributed by atoms with E-state index in [2.05, 4.69) is 22.5 Å². The number of amides is 1. The summed E-state index contributed by atoms with van der Waals surface area (Å²) in [6.07, 6.45) is 1.97. The smallest absolute Gasteiger partial charge is 0.224 e. The number of nitrogens with zero attached hydrogens (tertiary/aromatic N) is 1. The summed E-state index contributed by atoms with van der Waals surface area (Å²) in [7, 11) is 0. The van der Waals surface area contributed by atoms with E-state index in [9.17, 15) is 15.0 Å². The molecule has 186 valence electrons. The van der Waals surface area contributed by atoms with E-state index in [1.165, 1.54) is 0 Å². The van der Waals surface area contributed by atoms with E-state index in [0.717, 1.165) is 39.4 Å². The third kappa shape index (κ3) is 6.59. The monoisotopic (exact) mass is 484 g/mol. The topological polar surface area (TPSA) is 120 Å². The van der Waals surface area contributed by atoms with Gasteiger partial charge < -0.3 is 26.6 Å². The van der Waals surface area contributed by atoms with Gasteiger partial charge in [0.1, 0.15) is 11.6 Å². The number of rotatable bonds is 10. The zero-order chi connectivity index (χ0) is 25.5. The minimum Gasteiger partial charge on any atom is -0.507 e. The number of fused-ring (bicyclic) bond motifs is 1. The van der Waals surface area contributed by atoms with Gasteiger partial charge in [-0.05, 0) is 47.6 Å². The van der Waals surface area contributed by atoms with Gasteiger partial charge in [-0.3, -0.25) is 4.79 Å². The second-order valence-corrected chi connectivity index (χ2v) is 9.11. The van der Waals surface area contributed by atoms with Crippen molar-refractivity contribution in [3.05, 3.63) is 101 Å². The lowest BCUT2D eigenvalue weighted by Crippen LogP contribution is -2.32. The number of hydrogen-bond donors (Lipinski definition) is 5. The van der Waals surface area contributed by atoms with Gasteiger partial charge >= 0.3 is 0 Å². The number of nitrogens with two attached hydrogens (primary N) is 1.